The van der Waals surface area contributed by atoms with Gasteiger partial charge in [-0.1, -0.05) is 6.07 Å². The molecule has 0 spiro atoms. The first kappa shape index (κ1) is 10.2. The van der Waals surface area contributed by atoms with Crippen molar-refractivity contribution in [3.05, 3.63) is 30.1 Å². The van der Waals surface area contributed by atoms with Gasteiger partial charge in [0.05, 0.1) is 6.54 Å². The Morgan fingerprint density at radius 2 is 2.29 bits per heavy atom. The van der Waals surface area contributed by atoms with Gasteiger partial charge in [-0.15, -0.1) is 0 Å². The molecular formula is C9H9FN2O2. The molecule has 0 radical (unpaired) electrons. The first-order valence-corrected chi connectivity index (χ1v) is 3.95. The molecule has 0 unspecified atom stereocenters. The Morgan fingerprint density at radius 3 is 2.93 bits per heavy atom. The fourth-order valence-electron chi connectivity index (χ4n) is 0.906. The highest BCUT2D eigenvalue weighted by atomic mass is 19.1. The van der Waals surface area contributed by atoms with Gasteiger partial charge in [0.2, 0.25) is 12.3 Å². The molecule has 5 heteroatoms. The number of hydrogen-bond acceptors (Lipinski definition) is 2. The second kappa shape index (κ2) is 4.96. The van der Waals surface area contributed by atoms with Crippen molar-refractivity contribution in [1.82, 2.24) is 5.32 Å². The molecule has 0 bridgehead atoms. The Kier molecular flexibility index (Phi) is 3.60. The number of nitrogens with one attached hydrogen (secondary N) is 2. The summed E-state index contributed by atoms with van der Waals surface area (Å²) < 4.78 is 12.6. The second-order valence-electron chi connectivity index (χ2n) is 2.56. The summed E-state index contributed by atoms with van der Waals surface area (Å²) in [5.41, 5.74) is 0.364. The van der Waals surface area contributed by atoms with Crippen molar-refractivity contribution in [2.45, 2.75) is 0 Å². The van der Waals surface area contributed by atoms with Gasteiger partial charge in [-0.3, -0.25) is 9.59 Å². The van der Waals surface area contributed by atoms with Crippen LogP contribution in [-0.4, -0.2) is 18.9 Å². The van der Waals surface area contributed by atoms with Crippen molar-refractivity contribution in [1.29, 1.82) is 0 Å². The van der Waals surface area contributed by atoms with E-state index in [1.807, 2.05) is 0 Å². The number of hydrogen-bond donors (Lipinski definition) is 2. The van der Waals surface area contributed by atoms with E-state index in [0.29, 0.717) is 12.1 Å². The van der Waals surface area contributed by atoms with Crippen LogP contribution in [0.4, 0.5) is 10.1 Å². The molecule has 1 aromatic carbocycles. The first-order chi connectivity index (χ1) is 6.72. The average Bonchev–Trinajstić information content (AvgIpc) is 2.15. The van der Waals surface area contributed by atoms with Crippen LogP contribution in [0, 0.1) is 5.82 Å². The molecular weight excluding hydrogens is 187 g/mol. The summed E-state index contributed by atoms with van der Waals surface area (Å²) in [5.74, 6) is -0.825. The lowest BCUT2D eigenvalue weighted by Crippen LogP contribution is -2.26. The Balaban J connectivity index is 2.51. The van der Waals surface area contributed by atoms with Gasteiger partial charge >= 0.3 is 0 Å². The molecule has 0 saturated heterocycles. The molecule has 0 heterocycles. The number of benzene rings is 1. The molecule has 2 N–H and O–H groups in total. The summed E-state index contributed by atoms with van der Waals surface area (Å²) in [4.78, 5) is 20.9. The molecule has 0 atom stereocenters. The largest absolute Gasteiger partial charge is 0.350 e. The van der Waals surface area contributed by atoms with E-state index in [9.17, 15) is 14.0 Å². The fourth-order valence-corrected chi connectivity index (χ4v) is 0.906. The number of carbonyl (C=O) groups excluding carboxylic acids is 2. The number of carbonyl (C=O) groups is 2. The minimum Gasteiger partial charge on any atom is -0.350 e. The van der Waals surface area contributed by atoms with Gasteiger partial charge in [0.15, 0.2) is 0 Å². The topological polar surface area (TPSA) is 58.2 Å². The normalized spacial score (nSPS) is 9.21. The van der Waals surface area contributed by atoms with Crippen LogP contribution in [0.3, 0.4) is 0 Å². The van der Waals surface area contributed by atoms with Crippen LogP contribution in [0.2, 0.25) is 0 Å². The summed E-state index contributed by atoms with van der Waals surface area (Å²) in [7, 11) is 0. The van der Waals surface area contributed by atoms with Crippen molar-refractivity contribution in [2.75, 3.05) is 11.9 Å². The molecule has 0 fully saturated rings. The SMILES string of the molecule is O=CNCC(=O)Nc1cccc(F)c1. The molecule has 74 valence electrons. The average molecular weight is 196 g/mol. The van der Waals surface area contributed by atoms with Crippen LogP contribution < -0.4 is 10.6 Å². The molecule has 2 amide bonds. The number of anilines is 1. The van der Waals surface area contributed by atoms with E-state index in [1.165, 1.54) is 18.2 Å². The lowest BCUT2D eigenvalue weighted by molar-refractivity contribution is -0.118. The maximum absolute atomic E-state index is 12.6. The standard InChI is InChI=1S/C9H9FN2O2/c10-7-2-1-3-8(4-7)12-9(14)5-11-6-13/h1-4,6H,5H2,(H,11,13)(H,12,14). The Hall–Kier alpha value is -1.91. The van der Waals surface area contributed by atoms with Crippen molar-refractivity contribution in [2.24, 2.45) is 0 Å². The molecule has 1 rings (SSSR count). The Morgan fingerprint density at radius 1 is 1.50 bits per heavy atom. The number of halogens is 1. The van der Waals surface area contributed by atoms with Gasteiger partial charge in [0.25, 0.3) is 0 Å². The van der Waals surface area contributed by atoms with E-state index in [-0.39, 0.29) is 6.54 Å². The first-order valence-electron chi connectivity index (χ1n) is 3.95. The van der Waals surface area contributed by atoms with E-state index in [1.54, 1.807) is 6.07 Å². The highest BCUT2D eigenvalue weighted by Crippen LogP contribution is 2.08. The van der Waals surface area contributed by atoms with Gasteiger partial charge in [0, 0.05) is 5.69 Å². The van der Waals surface area contributed by atoms with Gasteiger partial charge in [-0.05, 0) is 18.2 Å². The van der Waals surface area contributed by atoms with Crippen LogP contribution in [0.5, 0.6) is 0 Å². The minimum absolute atomic E-state index is 0.125. The van der Waals surface area contributed by atoms with Crippen molar-refractivity contribution in [3.63, 3.8) is 0 Å². The van der Waals surface area contributed by atoms with Crippen molar-refractivity contribution in [3.8, 4) is 0 Å². The van der Waals surface area contributed by atoms with Crippen LogP contribution in [0.25, 0.3) is 0 Å². The minimum atomic E-state index is -0.425. The molecule has 0 aliphatic heterocycles. The van der Waals surface area contributed by atoms with Crippen LogP contribution in [0.15, 0.2) is 24.3 Å². The highest BCUT2D eigenvalue weighted by molar-refractivity contribution is 5.93. The van der Waals surface area contributed by atoms with Gasteiger partial charge in [0.1, 0.15) is 5.82 Å². The smallest absolute Gasteiger partial charge is 0.243 e. The Labute approximate surface area is 80.1 Å². The van der Waals surface area contributed by atoms with E-state index in [0.717, 1.165) is 0 Å². The summed E-state index contributed by atoms with van der Waals surface area (Å²) >= 11 is 0. The Bertz CT molecular complexity index is 341. The fraction of sp³-hybridized carbons (Fsp3) is 0.111. The van der Waals surface area contributed by atoms with Gasteiger partial charge in [-0.25, -0.2) is 4.39 Å². The van der Waals surface area contributed by atoms with Gasteiger partial charge < -0.3 is 10.6 Å². The van der Waals surface area contributed by atoms with E-state index in [4.69, 9.17) is 0 Å². The highest BCUT2D eigenvalue weighted by Gasteiger charge is 2.01. The predicted octanol–water partition coefficient (Wildman–Crippen LogP) is 0.510. The molecule has 0 aliphatic carbocycles. The summed E-state index contributed by atoms with van der Waals surface area (Å²) in [6.45, 7) is -0.125. The van der Waals surface area contributed by atoms with Crippen molar-refractivity contribution >= 4 is 18.0 Å². The predicted molar refractivity (Wildman–Crippen MR) is 49.1 cm³/mol. The number of rotatable bonds is 4. The van der Waals surface area contributed by atoms with E-state index < -0.39 is 11.7 Å². The maximum atomic E-state index is 12.6. The van der Waals surface area contributed by atoms with Crippen LogP contribution >= 0.6 is 0 Å². The molecule has 0 aliphatic rings. The third-order valence-corrected chi connectivity index (χ3v) is 1.45. The third-order valence-electron chi connectivity index (χ3n) is 1.45. The van der Waals surface area contributed by atoms with E-state index in [2.05, 4.69) is 10.6 Å². The summed E-state index contributed by atoms with van der Waals surface area (Å²) in [6.07, 6.45) is 0.422. The van der Waals surface area contributed by atoms with Crippen LogP contribution in [0.1, 0.15) is 0 Å². The second-order valence-corrected chi connectivity index (χ2v) is 2.56. The third kappa shape index (κ3) is 3.22. The molecule has 0 saturated carbocycles. The molecule has 1 aromatic rings. The maximum Gasteiger partial charge on any atom is 0.243 e. The number of amides is 2. The molecule has 4 nitrogen and oxygen atoms in total. The zero-order valence-electron chi connectivity index (χ0n) is 7.29. The lowest BCUT2D eigenvalue weighted by Gasteiger charge is -2.03. The zero-order chi connectivity index (χ0) is 10.4. The van der Waals surface area contributed by atoms with Crippen molar-refractivity contribution < 1.29 is 14.0 Å². The summed E-state index contributed by atoms with van der Waals surface area (Å²) in [5, 5.41) is 4.61. The monoisotopic (exact) mass is 196 g/mol. The molecule has 0 aromatic heterocycles. The van der Waals surface area contributed by atoms with Gasteiger partial charge in [-0.2, -0.15) is 0 Å². The zero-order valence-corrected chi connectivity index (χ0v) is 7.29. The summed E-state index contributed by atoms with van der Waals surface area (Å²) in [6, 6.07) is 5.51. The molecule has 14 heavy (non-hydrogen) atoms. The lowest BCUT2D eigenvalue weighted by atomic mass is 10.3. The van der Waals surface area contributed by atoms with Crippen LogP contribution in [-0.2, 0) is 9.59 Å². The quantitative estimate of drug-likeness (QED) is 0.689. The van der Waals surface area contributed by atoms with E-state index >= 15 is 0 Å².